The largest absolute Gasteiger partial charge is 0.396 e. The molecule has 1 aliphatic rings. The van der Waals surface area contributed by atoms with Gasteiger partial charge in [0.05, 0.1) is 0 Å². The number of nitrogens with zero attached hydrogens (tertiary/aromatic N) is 2. The van der Waals surface area contributed by atoms with Crippen molar-refractivity contribution in [3.8, 4) is 0 Å². The second-order valence-corrected chi connectivity index (χ2v) is 5.69. The fourth-order valence-electron chi connectivity index (χ4n) is 2.14. The zero-order valence-electron chi connectivity index (χ0n) is 10.8. The first-order chi connectivity index (χ1) is 7.47. The highest BCUT2D eigenvalue weighted by Crippen LogP contribution is 2.16. The van der Waals surface area contributed by atoms with Gasteiger partial charge in [-0.1, -0.05) is 0 Å². The Morgan fingerprint density at radius 2 is 1.50 bits per heavy atom. The van der Waals surface area contributed by atoms with Crippen LogP contribution >= 0.6 is 0 Å². The van der Waals surface area contributed by atoms with Crippen LogP contribution in [0.2, 0.25) is 0 Å². The smallest absolute Gasteiger partial charge is 0.0493 e. The van der Waals surface area contributed by atoms with E-state index < -0.39 is 0 Å². The lowest BCUT2D eigenvalue weighted by molar-refractivity contribution is 0.0400. The number of piperazine rings is 1. The maximum Gasteiger partial charge on any atom is 0.0493 e. The highest BCUT2D eigenvalue weighted by Gasteiger charge is 2.26. The van der Waals surface area contributed by atoms with E-state index in [0.29, 0.717) is 0 Å². The van der Waals surface area contributed by atoms with Crippen molar-refractivity contribution in [1.29, 1.82) is 0 Å². The highest BCUT2D eigenvalue weighted by molar-refractivity contribution is 4.82. The predicted molar refractivity (Wildman–Crippen MR) is 65.4 cm³/mol. The topological polar surface area (TPSA) is 46.9 Å². The van der Waals surface area contributed by atoms with Crippen LogP contribution in [-0.2, 0) is 0 Å². The summed E-state index contributed by atoms with van der Waals surface area (Å²) in [7, 11) is 0. The van der Waals surface area contributed by atoms with Gasteiger partial charge in [-0.3, -0.25) is 4.90 Å². The Morgan fingerprint density at radius 1 is 1.00 bits per heavy atom. The van der Waals surface area contributed by atoms with E-state index in [0.717, 1.165) is 32.7 Å². The molecule has 0 aliphatic carbocycles. The molecule has 1 aliphatic heterocycles. The lowest BCUT2D eigenvalue weighted by Gasteiger charge is -2.42. The van der Waals surface area contributed by atoms with Gasteiger partial charge in [-0.15, -0.1) is 0 Å². The monoisotopic (exact) mass is 230 g/mol. The van der Waals surface area contributed by atoms with Crippen LogP contribution in [0.15, 0.2) is 0 Å². The molecule has 0 spiro atoms. The van der Waals surface area contributed by atoms with Crippen molar-refractivity contribution in [2.45, 2.75) is 26.3 Å². The van der Waals surface area contributed by atoms with E-state index in [1.54, 1.807) is 0 Å². The Hall–Kier alpha value is -0.160. The van der Waals surface area contributed by atoms with Crippen molar-refractivity contribution >= 4 is 0 Å². The lowest BCUT2D eigenvalue weighted by atomic mass is 10.0. The van der Waals surface area contributed by atoms with Crippen molar-refractivity contribution in [3.05, 3.63) is 0 Å². The molecular formula is C12H26N2O2. The minimum Gasteiger partial charge on any atom is -0.396 e. The van der Waals surface area contributed by atoms with Crippen molar-refractivity contribution in [2.75, 3.05) is 45.9 Å². The molecule has 0 bridgehead atoms. The van der Waals surface area contributed by atoms with Crippen LogP contribution in [0.25, 0.3) is 0 Å². The van der Waals surface area contributed by atoms with Crippen molar-refractivity contribution in [3.63, 3.8) is 0 Å². The van der Waals surface area contributed by atoms with Crippen LogP contribution in [0.5, 0.6) is 0 Å². The van der Waals surface area contributed by atoms with E-state index in [1.807, 2.05) is 0 Å². The molecule has 0 radical (unpaired) electrons. The third kappa shape index (κ3) is 4.01. The molecule has 2 N–H and O–H groups in total. The molecule has 16 heavy (non-hydrogen) atoms. The van der Waals surface area contributed by atoms with Crippen LogP contribution < -0.4 is 0 Å². The minimum atomic E-state index is 0.0150. The summed E-state index contributed by atoms with van der Waals surface area (Å²) in [6, 6.07) is 0. The van der Waals surface area contributed by atoms with Crippen LogP contribution in [0.3, 0.4) is 0 Å². The number of rotatable bonds is 4. The Balaban J connectivity index is 2.32. The molecular weight excluding hydrogens is 204 g/mol. The zero-order chi connectivity index (χ0) is 12.2. The molecule has 0 unspecified atom stereocenters. The molecule has 4 heteroatoms. The summed E-state index contributed by atoms with van der Waals surface area (Å²) in [5.74, 6) is 0.0150. The van der Waals surface area contributed by atoms with Gasteiger partial charge in [-0.2, -0.15) is 0 Å². The van der Waals surface area contributed by atoms with Crippen molar-refractivity contribution in [1.82, 2.24) is 9.80 Å². The fraction of sp³-hybridized carbons (Fsp3) is 1.00. The highest BCUT2D eigenvalue weighted by atomic mass is 16.3. The molecule has 1 rings (SSSR count). The average molecular weight is 230 g/mol. The quantitative estimate of drug-likeness (QED) is 0.714. The number of hydrogen-bond donors (Lipinski definition) is 2. The van der Waals surface area contributed by atoms with Gasteiger partial charge in [-0.25, -0.2) is 0 Å². The van der Waals surface area contributed by atoms with Gasteiger partial charge in [-0.05, 0) is 20.8 Å². The third-order valence-electron chi connectivity index (χ3n) is 3.35. The molecule has 1 fully saturated rings. The summed E-state index contributed by atoms with van der Waals surface area (Å²) in [5.41, 5.74) is 0.249. The second kappa shape index (κ2) is 5.96. The Bertz CT molecular complexity index is 192. The van der Waals surface area contributed by atoms with Crippen LogP contribution in [0, 0.1) is 5.92 Å². The molecule has 0 aromatic rings. The van der Waals surface area contributed by atoms with E-state index in [9.17, 15) is 0 Å². The predicted octanol–water partition coefficient (Wildman–Crippen LogP) is 0.00330. The number of aliphatic hydroxyl groups excluding tert-OH is 2. The Kier molecular flexibility index (Phi) is 5.18. The standard InChI is InChI=1S/C12H26N2O2/c1-12(2,3)14-6-4-13(5-7-14)8-11(9-15)10-16/h11,15-16H,4-10H2,1-3H3. The van der Waals surface area contributed by atoms with Gasteiger partial charge >= 0.3 is 0 Å². The summed E-state index contributed by atoms with van der Waals surface area (Å²) < 4.78 is 0. The Morgan fingerprint density at radius 3 is 1.88 bits per heavy atom. The average Bonchev–Trinajstić information content (AvgIpc) is 2.25. The molecule has 0 atom stereocenters. The van der Waals surface area contributed by atoms with Gasteiger partial charge in [0.2, 0.25) is 0 Å². The van der Waals surface area contributed by atoms with Crippen molar-refractivity contribution < 1.29 is 10.2 Å². The number of hydrogen-bond acceptors (Lipinski definition) is 4. The SMILES string of the molecule is CC(C)(C)N1CCN(CC(CO)CO)CC1. The Labute approximate surface area is 98.9 Å². The molecule has 0 saturated carbocycles. The summed E-state index contributed by atoms with van der Waals surface area (Å²) >= 11 is 0. The first kappa shape index (κ1) is 13.9. The summed E-state index contributed by atoms with van der Waals surface area (Å²) in [4.78, 5) is 4.82. The first-order valence-corrected chi connectivity index (χ1v) is 6.16. The van der Waals surface area contributed by atoms with E-state index in [-0.39, 0.29) is 24.7 Å². The van der Waals surface area contributed by atoms with E-state index in [1.165, 1.54) is 0 Å². The summed E-state index contributed by atoms with van der Waals surface area (Å²) in [6.45, 7) is 11.9. The van der Waals surface area contributed by atoms with Gasteiger partial charge in [0.15, 0.2) is 0 Å². The molecule has 4 nitrogen and oxygen atoms in total. The third-order valence-corrected chi connectivity index (χ3v) is 3.35. The van der Waals surface area contributed by atoms with E-state index in [2.05, 4.69) is 30.6 Å². The summed E-state index contributed by atoms with van der Waals surface area (Å²) in [5, 5.41) is 18.1. The lowest BCUT2D eigenvalue weighted by Crippen LogP contribution is -2.54. The molecule has 1 heterocycles. The maximum atomic E-state index is 9.04. The molecule has 0 aromatic heterocycles. The summed E-state index contributed by atoms with van der Waals surface area (Å²) in [6.07, 6.45) is 0. The molecule has 0 amide bonds. The van der Waals surface area contributed by atoms with Crippen LogP contribution in [0.4, 0.5) is 0 Å². The van der Waals surface area contributed by atoms with Crippen molar-refractivity contribution in [2.24, 2.45) is 5.92 Å². The van der Waals surface area contributed by atoms with Gasteiger partial charge in [0.1, 0.15) is 0 Å². The number of aliphatic hydroxyl groups is 2. The normalized spacial score (nSPS) is 20.6. The second-order valence-electron chi connectivity index (χ2n) is 5.69. The minimum absolute atomic E-state index is 0.0150. The maximum absolute atomic E-state index is 9.04. The van der Waals surface area contributed by atoms with Crippen LogP contribution in [-0.4, -0.2) is 71.5 Å². The fourth-order valence-corrected chi connectivity index (χ4v) is 2.14. The molecule has 0 aromatic carbocycles. The van der Waals surface area contributed by atoms with Gasteiger partial charge in [0, 0.05) is 57.4 Å². The molecule has 1 saturated heterocycles. The van der Waals surface area contributed by atoms with Gasteiger partial charge in [0.25, 0.3) is 0 Å². The van der Waals surface area contributed by atoms with Crippen LogP contribution in [0.1, 0.15) is 20.8 Å². The zero-order valence-corrected chi connectivity index (χ0v) is 10.8. The first-order valence-electron chi connectivity index (χ1n) is 6.16. The van der Waals surface area contributed by atoms with Gasteiger partial charge < -0.3 is 15.1 Å². The molecule has 96 valence electrons. The van der Waals surface area contributed by atoms with E-state index >= 15 is 0 Å². The van der Waals surface area contributed by atoms with E-state index in [4.69, 9.17) is 10.2 Å².